The molecule has 1 aliphatic rings. The number of hydrogen-bond donors (Lipinski definition) is 2. The molecule has 1 rings (SSSR count). The van der Waals surface area contributed by atoms with Crippen LogP contribution in [0, 0.1) is 0 Å². The van der Waals surface area contributed by atoms with E-state index < -0.39 is 75.9 Å². The predicted molar refractivity (Wildman–Crippen MR) is 64.6 cm³/mol. The summed E-state index contributed by atoms with van der Waals surface area (Å²) in [6, 6.07) is 0. The minimum Gasteiger partial charge on any atom is -0.463 e. The molecule has 0 aliphatic carbocycles. The summed E-state index contributed by atoms with van der Waals surface area (Å²) in [7, 11) is 0. The average molecular weight is 309 g/mol. The van der Waals surface area contributed by atoms with Gasteiger partial charge in [-0.3, -0.25) is 14.4 Å². The zero-order chi connectivity index (χ0) is 18.3. The lowest BCUT2D eigenvalue weighted by atomic mass is 9.98. The van der Waals surface area contributed by atoms with E-state index in [2.05, 4.69) is 4.74 Å². The van der Waals surface area contributed by atoms with Crippen molar-refractivity contribution in [1.29, 1.82) is 0 Å². The molecule has 9 heteroatoms. The molecule has 1 unspecified atom stereocenters. The number of ether oxygens (including phenoxy) is 4. The van der Waals surface area contributed by atoms with E-state index in [1.54, 1.807) is 0 Å². The Morgan fingerprint density at radius 1 is 1.05 bits per heavy atom. The summed E-state index contributed by atoms with van der Waals surface area (Å²) in [6.07, 6.45) is -7.98. The van der Waals surface area contributed by atoms with Crippen LogP contribution in [-0.4, -0.2) is 65.4 Å². The fourth-order valence-electron chi connectivity index (χ4n) is 1.80. The smallest absolute Gasteiger partial charge is 0.303 e. The van der Waals surface area contributed by atoms with Crippen molar-refractivity contribution in [3.8, 4) is 0 Å². The maximum Gasteiger partial charge on any atom is 0.303 e. The molecule has 2 N–H and O–H groups in total. The molecule has 9 nitrogen and oxygen atoms in total. The second kappa shape index (κ2) is 7.34. The van der Waals surface area contributed by atoms with Crippen LogP contribution in [0.3, 0.4) is 0 Å². The minimum absolute atomic E-state index is 0.549. The van der Waals surface area contributed by atoms with Crippen molar-refractivity contribution >= 4 is 17.9 Å². The van der Waals surface area contributed by atoms with Crippen molar-refractivity contribution < 1.29 is 47.7 Å². The Kier molecular flexibility index (Phi) is 4.54. The Hall–Kier alpha value is -1.71. The highest BCUT2D eigenvalue weighted by Gasteiger charge is 2.49. The maximum absolute atomic E-state index is 11.4. The molecule has 0 saturated carbocycles. The molecule has 21 heavy (non-hydrogen) atoms. The van der Waals surface area contributed by atoms with Gasteiger partial charge in [-0.2, -0.15) is 0 Å². The topological polar surface area (TPSA) is 129 Å². The van der Waals surface area contributed by atoms with Crippen molar-refractivity contribution in [3.05, 3.63) is 0 Å². The summed E-state index contributed by atoms with van der Waals surface area (Å²) in [4.78, 5) is 33.8. The van der Waals surface area contributed by atoms with E-state index in [9.17, 15) is 24.6 Å². The van der Waals surface area contributed by atoms with Gasteiger partial charge in [0.1, 0.15) is 18.8 Å². The van der Waals surface area contributed by atoms with Crippen LogP contribution < -0.4 is 0 Å². The summed E-state index contributed by atoms with van der Waals surface area (Å²) >= 11 is 0. The number of aliphatic hydroxyl groups is 2. The van der Waals surface area contributed by atoms with E-state index in [1.165, 1.54) is 0 Å². The molecule has 1 fully saturated rings. The Bertz CT molecular complexity index is 461. The maximum atomic E-state index is 11.4. The molecule has 0 aromatic rings. The normalized spacial score (nSPS) is 34.0. The summed E-state index contributed by atoms with van der Waals surface area (Å²) in [5.41, 5.74) is 0. The molecule has 1 aliphatic heterocycles. The van der Waals surface area contributed by atoms with Crippen LogP contribution in [0.4, 0.5) is 0 Å². The predicted octanol–water partition coefficient (Wildman–Crippen LogP) is -1.51. The quantitative estimate of drug-likeness (QED) is 0.470. The van der Waals surface area contributed by atoms with Crippen LogP contribution in [0.15, 0.2) is 0 Å². The summed E-state index contributed by atoms with van der Waals surface area (Å²) in [5.74, 6) is -3.00. The lowest BCUT2D eigenvalue weighted by Crippen LogP contribution is -2.61. The number of rotatable bonds is 4. The van der Waals surface area contributed by atoms with Gasteiger partial charge in [-0.25, -0.2) is 0 Å². The van der Waals surface area contributed by atoms with E-state index in [1.807, 2.05) is 0 Å². The second-order valence-corrected chi connectivity index (χ2v) is 4.15. The first-order valence-electron chi connectivity index (χ1n) is 7.90. The van der Waals surface area contributed by atoms with Crippen LogP contribution in [0.1, 0.15) is 24.8 Å². The van der Waals surface area contributed by atoms with Crippen molar-refractivity contribution in [1.82, 2.24) is 0 Å². The van der Waals surface area contributed by atoms with Crippen LogP contribution >= 0.6 is 0 Å². The van der Waals surface area contributed by atoms with Gasteiger partial charge in [0, 0.05) is 24.8 Å². The van der Waals surface area contributed by atoms with E-state index in [4.69, 9.17) is 18.3 Å². The molecule has 120 valence electrons. The van der Waals surface area contributed by atoms with Crippen LogP contribution in [0.5, 0.6) is 0 Å². The highest BCUT2D eigenvalue weighted by atomic mass is 16.7. The summed E-state index contributed by atoms with van der Waals surface area (Å²) in [6.45, 7) is -2.77. The van der Waals surface area contributed by atoms with Gasteiger partial charge in [0.15, 0.2) is 18.5 Å². The minimum atomic E-state index is -1.83. The number of carbonyl (C=O) groups excluding carboxylic acids is 3. The zero-order valence-electron chi connectivity index (χ0n) is 14.0. The Labute approximate surface area is 124 Å². The van der Waals surface area contributed by atoms with Crippen molar-refractivity contribution in [2.75, 3.05) is 6.61 Å². The number of esters is 3. The van der Waals surface area contributed by atoms with E-state index in [0.29, 0.717) is 0 Å². The lowest BCUT2D eigenvalue weighted by Gasteiger charge is -2.41. The molecule has 0 aromatic carbocycles. The monoisotopic (exact) mass is 309 g/mol. The molecule has 0 bridgehead atoms. The lowest BCUT2D eigenvalue weighted by molar-refractivity contribution is -0.293. The SMILES string of the molecule is [2H]CC(=O)OC[C@H]1OC(O)[C@@H](O)[C@@H](OC(=O)C[2H])[C@@H]1OC(=O)C[2H]. The fourth-order valence-corrected chi connectivity index (χ4v) is 1.80. The van der Waals surface area contributed by atoms with Crippen molar-refractivity contribution in [2.45, 2.75) is 51.4 Å². The average Bonchev–Trinajstić information content (AvgIpc) is 2.58. The van der Waals surface area contributed by atoms with Gasteiger partial charge in [-0.15, -0.1) is 0 Å². The molecule has 0 amide bonds. The molecular weight excluding hydrogens is 288 g/mol. The van der Waals surface area contributed by atoms with Crippen molar-refractivity contribution in [2.24, 2.45) is 0 Å². The highest BCUT2D eigenvalue weighted by molar-refractivity contribution is 5.67. The number of hydrogen-bond acceptors (Lipinski definition) is 9. The van der Waals surface area contributed by atoms with Crippen LogP contribution in [-0.2, 0) is 33.3 Å². The first-order valence-corrected chi connectivity index (χ1v) is 5.77. The third-order valence-electron chi connectivity index (χ3n) is 2.58. The standard InChI is InChI=1S/C12H18O9/c1-5(13)18-4-8-10(19-6(2)14)11(20-7(3)15)9(16)12(17)21-8/h8-12,16-17H,4H2,1-3H3/t8-,9+,10-,11-,12?/m1/s1/i1D,2D,3D. The first kappa shape index (κ1) is 13.0. The molecular formula is C12H18O9. The Morgan fingerprint density at radius 3 is 2.19 bits per heavy atom. The molecule has 0 aromatic heterocycles. The molecule has 1 saturated heterocycles. The second-order valence-electron chi connectivity index (χ2n) is 4.15. The zero-order valence-corrected chi connectivity index (χ0v) is 11.0. The molecule has 0 radical (unpaired) electrons. The summed E-state index contributed by atoms with van der Waals surface area (Å²) in [5, 5.41) is 19.6. The number of carbonyl (C=O) groups is 3. The molecule has 5 atom stereocenters. The van der Waals surface area contributed by atoms with E-state index in [0.717, 1.165) is 0 Å². The van der Waals surface area contributed by atoms with Crippen molar-refractivity contribution in [3.63, 3.8) is 0 Å². The van der Waals surface area contributed by atoms with Gasteiger partial charge >= 0.3 is 17.9 Å². The molecule has 1 heterocycles. The van der Waals surface area contributed by atoms with Gasteiger partial charge in [-0.1, -0.05) is 0 Å². The largest absolute Gasteiger partial charge is 0.463 e. The third-order valence-corrected chi connectivity index (χ3v) is 2.58. The third kappa shape index (κ3) is 4.96. The number of aliphatic hydroxyl groups excluding tert-OH is 2. The Balaban J connectivity index is 2.97. The van der Waals surface area contributed by atoms with Crippen LogP contribution in [0.2, 0.25) is 0 Å². The van der Waals surface area contributed by atoms with E-state index >= 15 is 0 Å². The van der Waals surface area contributed by atoms with Gasteiger partial charge < -0.3 is 29.2 Å². The molecule has 0 spiro atoms. The fraction of sp³-hybridized carbons (Fsp3) is 0.750. The van der Waals surface area contributed by atoms with Gasteiger partial charge in [-0.05, 0) is 0 Å². The summed E-state index contributed by atoms with van der Waals surface area (Å²) < 4.78 is 40.1. The van der Waals surface area contributed by atoms with Gasteiger partial charge in [0.05, 0.1) is 0 Å². The Morgan fingerprint density at radius 2 is 1.62 bits per heavy atom. The first-order chi connectivity index (χ1) is 11.3. The van der Waals surface area contributed by atoms with Gasteiger partial charge in [0.2, 0.25) is 0 Å². The van der Waals surface area contributed by atoms with Crippen LogP contribution in [0.25, 0.3) is 0 Å². The van der Waals surface area contributed by atoms with E-state index in [-0.39, 0.29) is 0 Å². The van der Waals surface area contributed by atoms with Gasteiger partial charge in [0.25, 0.3) is 0 Å². The highest BCUT2D eigenvalue weighted by Crippen LogP contribution is 2.25.